The van der Waals surface area contributed by atoms with Crippen molar-refractivity contribution >= 4 is 40.7 Å². The lowest BCUT2D eigenvalue weighted by Crippen LogP contribution is -2.50. The lowest BCUT2D eigenvalue weighted by molar-refractivity contribution is -0.121. The summed E-state index contributed by atoms with van der Waals surface area (Å²) in [5.41, 5.74) is 0.867. The van der Waals surface area contributed by atoms with E-state index in [4.69, 9.17) is 23.2 Å². The van der Waals surface area contributed by atoms with Gasteiger partial charge in [0, 0.05) is 17.8 Å². The molecule has 0 spiro atoms. The molecule has 3 aromatic rings. The quantitative estimate of drug-likeness (QED) is 0.663. The Bertz CT molecular complexity index is 1060. The molecule has 4 rings (SSSR count). The largest absolute Gasteiger partial charge is 0.327 e. The lowest BCUT2D eigenvalue weighted by atomic mass is 10.00. The van der Waals surface area contributed by atoms with Crippen molar-refractivity contribution in [1.29, 1.82) is 0 Å². The summed E-state index contributed by atoms with van der Waals surface area (Å²) in [7, 11) is 0. The summed E-state index contributed by atoms with van der Waals surface area (Å²) >= 11 is 12.1. The number of hydrogen-bond donors (Lipinski definition) is 1. The van der Waals surface area contributed by atoms with Crippen molar-refractivity contribution < 1.29 is 9.59 Å². The zero-order chi connectivity index (χ0) is 21.1. The molecule has 2 aromatic heterocycles. The molecule has 154 valence electrons. The third-order valence-corrected chi connectivity index (χ3v) is 5.45. The first kappa shape index (κ1) is 20.3. The van der Waals surface area contributed by atoms with Gasteiger partial charge in [-0.1, -0.05) is 23.2 Å². The molecule has 8 nitrogen and oxygen atoms in total. The summed E-state index contributed by atoms with van der Waals surface area (Å²) in [6.45, 7) is 0.496. The van der Waals surface area contributed by atoms with Crippen LogP contribution >= 0.6 is 23.2 Å². The van der Waals surface area contributed by atoms with E-state index in [-0.39, 0.29) is 11.8 Å². The van der Waals surface area contributed by atoms with E-state index in [1.54, 1.807) is 35.2 Å². The second kappa shape index (κ2) is 8.81. The Morgan fingerprint density at radius 2 is 2.00 bits per heavy atom. The minimum Gasteiger partial charge on any atom is -0.327 e. The standard InChI is InChI=1S/C20H18Cl2N6O2/c21-14-5-6-16(15(22)9-14)26-19(29)17-3-1-2-8-27(17)20(30)13-4-7-18(24-10-13)28-12-23-11-25-28/h4-7,9-12,17H,1-3,8H2,(H,26,29). The van der Waals surface area contributed by atoms with E-state index >= 15 is 0 Å². The molecule has 0 aliphatic carbocycles. The maximum Gasteiger partial charge on any atom is 0.256 e. The third-order valence-electron chi connectivity index (χ3n) is 4.90. The predicted molar refractivity (Wildman–Crippen MR) is 113 cm³/mol. The van der Waals surface area contributed by atoms with Gasteiger partial charge in [0.05, 0.1) is 16.3 Å². The van der Waals surface area contributed by atoms with Crippen LogP contribution in [0, 0.1) is 0 Å². The SMILES string of the molecule is O=C(Nc1ccc(Cl)cc1Cl)C1CCCCN1C(=O)c1ccc(-n2cncn2)nc1. The van der Waals surface area contributed by atoms with Crippen LogP contribution in [-0.2, 0) is 4.79 Å². The molecule has 1 aliphatic rings. The van der Waals surface area contributed by atoms with Gasteiger partial charge in [-0.3, -0.25) is 9.59 Å². The molecule has 1 saturated heterocycles. The van der Waals surface area contributed by atoms with Crippen LogP contribution in [0.25, 0.3) is 5.82 Å². The zero-order valence-corrected chi connectivity index (χ0v) is 17.3. The molecule has 2 amide bonds. The molecule has 1 N–H and O–H groups in total. The Morgan fingerprint density at radius 3 is 2.70 bits per heavy atom. The lowest BCUT2D eigenvalue weighted by Gasteiger charge is -2.34. The smallest absolute Gasteiger partial charge is 0.256 e. The van der Waals surface area contributed by atoms with Crippen molar-refractivity contribution in [2.24, 2.45) is 0 Å². The molecule has 1 aromatic carbocycles. The van der Waals surface area contributed by atoms with E-state index in [0.29, 0.717) is 40.1 Å². The minimum absolute atomic E-state index is 0.241. The number of carbonyl (C=O) groups is 2. The Balaban J connectivity index is 1.51. The van der Waals surface area contributed by atoms with E-state index < -0.39 is 6.04 Å². The zero-order valence-electron chi connectivity index (χ0n) is 15.8. The number of likely N-dealkylation sites (tertiary alicyclic amines) is 1. The Kier molecular flexibility index (Phi) is 5.96. The minimum atomic E-state index is -0.590. The highest BCUT2D eigenvalue weighted by atomic mass is 35.5. The molecular formula is C20H18Cl2N6O2. The van der Waals surface area contributed by atoms with Crippen LogP contribution in [-0.4, -0.2) is 49.0 Å². The van der Waals surface area contributed by atoms with Gasteiger partial charge in [-0.15, -0.1) is 0 Å². The topological polar surface area (TPSA) is 93.0 Å². The molecule has 1 aliphatic heterocycles. The molecule has 10 heteroatoms. The van der Waals surface area contributed by atoms with Crippen LogP contribution in [0.15, 0.2) is 49.2 Å². The summed E-state index contributed by atoms with van der Waals surface area (Å²) in [6.07, 6.45) is 6.69. The molecular weight excluding hydrogens is 427 g/mol. The highest BCUT2D eigenvalue weighted by Crippen LogP contribution is 2.27. The summed E-state index contributed by atoms with van der Waals surface area (Å²) in [6, 6.07) is 7.62. The number of halogens is 2. The monoisotopic (exact) mass is 444 g/mol. The summed E-state index contributed by atoms with van der Waals surface area (Å²) < 4.78 is 1.50. The molecule has 1 atom stereocenters. The van der Waals surface area contributed by atoms with Gasteiger partial charge < -0.3 is 10.2 Å². The molecule has 0 saturated carbocycles. The second-order valence-electron chi connectivity index (χ2n) is 6.87. The number of pyridine rings is 1. The number of rotatable bonds is 4. The first-order valence-corrected chi connectivity index (χ1v) is 10.2. The number of piperidine rings is 1. The van der Waals surface area contributed by atoms with Crippen LogP contribution in [0.4, 0.5) is 5.69 Å². The molecule has 0 bridgehead atoms. The normalized spacial score (nSPS) is 16.3. The fraction of sp³-hybridized carbons (Fsp3) is 0.250. The third kappa shape index (κ3) is 4.29. The van der Waals surface area contributed by atoms with E-state index in [1.165, 1.54) is 23.5 Å². The maximum atomic E-state index is 13.1. The molecule has 1 fully saturated rings. The number of hydrogen-bond acceptors (Lipinski definition) is 5. The van der Waals surface area contributed by atoms with Gasteiger partial charge >= 0.3 is 0 Å². The summed E-state index contributed by atoms with van der Waals surface area (Å²) in [5.74, 6) is 0.0310. The van der Waals surface area contributed by atoms with Crippen LogP contribution in [0.3, 0.4) is 0 Å². The van der Waals surface area contributed by atoms with Gasteiger partial charge in [-0.2, -0.15) is 5.10 Å². The highest BCUT2D eigenvalue weighted by molar-refractivity contribution is 6.36. The maximum absolute atomic E-state index is 13.1. The number of amides is 2. The number of nitrogens with zero attached hydrogens (tertiary/aromatic N) is 5. The van der Waals surface area contributed by atoms with Gasteiger partial charge in [-0.05, 0) is 49.6 Å². The highest BCUT2D eigenvalue weighted by Gasteiger charge is 2.33. The number of nitrogens with one attached hydrogen (secondary N) is 1. The van der Waals surface area contributed by atoms with E-state index in [9.17, 15) is 9.59 Å². The predicted octanol–water partition coefficient (Wildman–Crippen LogP) is 3.60. The van der Waals surface area contributed by atoms with Crippen LogP contribution in [0.5, 0.6) is 0 Å². The van der Waals surface area contributed by atoms with Crippen LogP contribution < -0.4 is 5.32 Å². The van der Waals surface area contributed by atoms with E-state index in [0.717, 1.165) is 12.8 Å². The number of anilines is 1. The number of aromatic nitrogens is 4. The van der Waals surface area contributed by atoms with Crippen molar-refractivity contribution in [2.75, 3.05) is 11.9 Å². The Hall–Kier alpha value is -2.97. The number of carbonyl (C=O) groups excluding carboxylic acids is 2. The molecule has 3 heterocycles. The number of benzene rings is 1. The van der Waals surface area contributed by atoms with Gasteiger partial charge in [0.1, 0.15) is 18.7 Å². The Labute approximate surface area is 182 Å². The van der Waals surface area contributed by atoms with Crippen molar-refractivity contribution in [1.82, 2.24) is 24.6 Å². The Morgan fingerprint density at radius 1 is 1.13 bits per heavy atom. The van der Waals surface area contributed by atoms with Crippen molar-refractivity contribution in [3.8, 4) is 5.82 Å². The van der Waals surface area contributed by atoms with Gasteiger partial charge in [-0.25, -0.2) is 14.6 Å². The van der Waals surface area contributed by atoms with Crippen molar-refractivity contribution in [3.05, 3.63) is 64.8 Å². The first-order valence-electron chi connectivity index (χ1n) is 9.41. The average molecular weight is 445 g/mol. The molecule has 30 heavy (non-hydrogen) atoms. The van der Waals surface area contributed by atoms with Gasteiger partial charge in [0.2, 0.25) is 5.91 Å². The first-order chi connectivity index (χ1) is 14.5. The fourth-order valence-corrected chi connectivity index (χ4v) is 3.85. The second-order valence-corrected chi connectivity index (χ2v) is 7.71. The molecule has 1 unspecified atom stereocenters. The van der Waals surface area contributed by atoms with Crippen LogP contribution in [0.1, 0.15) is 29.6 Å². The van der Waals surface area contributed by atoms with Crippen molar-refractivity contribution in [3.63, 3.8) is 0 Å². The van der Waals surface area contributed by atoms with E-state index in [1.807, 2.05) is 0 Å². The summed E-state index contributed by atoms with van der Waals surface area (Å²) in [5, 5.41) is 7.65. The van der Waals surface area contributed by atoms with E-state index in [2.05, 4.69) is 20.4 Å². The van der Waals surface area contributed by atoms with Crippen LogP contribution in [0.2, 0.25) is 10.0 Å². The van der Waals surface area contributed by atoms with Gasteiger partial charge in [0.25, 0.3) is 5.91 Å². The van der Waals surface area contributed by atoms with Gasteiger partial charge in [0.15, 0.2) is 5.82 Å². The summed E-state index contributed by atoms with van der Waals surface area (Å²) in [4.78, 5) is 35.8. The fourth-order valence-electron chi connectivity index (χ4n) is 3.39. The van der Waals surface area contributed by atoms with Crippen molar-refractivity contribution in [2.45, 2.75) is 25.3 Å². The molecule has 0 radical (unpaired) electrons. The average Bonchev–Trinajstić information content (AvgIpc) is 3.30.